The van der Waals surface area contributed by atoms with Gasteiger partial charge in [0.15, 0.2) is 0 Å². The Hall–Kier alpha value is -1.40. The Labute approximate surface area is 107 Å². The molecule has 1 amide bonds. The molecule has 1 aromatic heterocycles. The molecular formula is C12H21N5O. The van der Waals surface area contributed by atoms with Gasteiger partial charge in [0, 0.05) is 25.6 Å². The van der Waals surface area contributed by atoms with E-state index in [4.69, 9.17) is 5.73 Å². The number of nitrogens with zero attached hydrogens (tertiary/aromatic N) is 2. The predicted molar refractivity (Wildman–Crippen MR) is 70.3 cm³/mol. The number of rotatable bonds is 7. The van der Waals surface area contributed by atoms with Gasteiger partial charge in [0.05, 0.1) is 12.2 Å². The maximum Gasteiger partial charge on any atom is 0.225 e. The van der Waals surface area contributed by atoms with Crippen molar-refractivity contribution in [1.29, 1.82) is 0 Å². The maximum absolute atomic E-state index is 11.8. The molecule has 0 radical (unpaired) electrons. The van der Waals surface area contributed by atoms with Crippen molar-refractivity contribution in [3.8, 4) is 0 Å². The summed E-state index contributed by atoms with van der Waals surface area (Å²) in [5, 5.41) is 10.4. The summed E-state index contributed by atoms with van der Waals surface area (Å²) in [4.78, 5) is 11.8. The van der Waals surface area contributed by atoms with Crippen molar-refractivity contribution in [1.82, 2.24) is 15.1 Å². The molecule has 1 aliphatic heterocycles. The highest BCUT2D eigenvalue weighted by atomic mass is 16.1. The largest absolute Gasteiger partial charge is 0.330 e. The maximum atomic E-state index is 11.8. The number of nitrogens with two attached hydrogens (primary N) is 1. The Morgan fingerprint density at radius 1 is 1.50 bits per heavy atom. The number of hydrogen-bond donors (Lipinski definition) is 3. The number of hydrogen-bond acceptors (Lipinski definition) is 4. The molecule has 1 saturated heterocycles. The quantitative estimate of drug-likeness (QED) is 0.616. The third-order valence-corrected chi connectivity index (χ3v) is 3.15. The molecule has 2 heterocycles. The monoisotopic (exact) mass is 251 g/mol. The number of anilines is 1. The highest BCUT2D eigenvalue weighted by molar-refractivity contribution is 5.89. The van der Waals surface area contributed by atoms with E-state index in [1.54, 1.807) is 6.20 Å². The van der Waals surface area contributed by atoms with Crippen molar-refractivity contribution < 1.29 is 4.79 Å². The number of amides is 1. The van der Waals surface area contributed by atoms with Crippen molar-refractivity contribution in [3.63, 3.8) is 0 Å². The molecule has 0 bridgehead atoms. The van der Waals surface area contributed by atoms with Gasteiger partial charge in [-0.15, -0.1) is 0 Å². The number of carbonyl (C=O) groups excluding carboxylic acids is 1. The number of carbonyl (C=O) groups is 1. The smallest absolute Gasteiger partial charge is 0.225 e. The number of unbranched alkanes of at least 4 members (excludes halogenated alkanes) is 2. The van der Waals surface area contributed by atoms with Gasteiger partial charge in [-0.2, -0.15) is 5.10 Å². The molecule has 100 valence electrons. The normalized spacial score (nSPS) is 15.4. The van der Waals surface area contributed by atoms with Crippen LogP contribution in [0.4, 0.5) is 5.82 Å². The van der Waals surface area contributed by atoms with Gasteiger partial charge in [-0.25, -0.2) is 4.68 Å². The fourth-order valence-corrected chi connectivity index (χ4v) is 1.96. The van der Waals surface area contributed by atoms with Crippen LogP contribution < -0.4 is 16.4 Å². The lowest BCUT2D eigenvalue weighted by molar-refractivity contribution is -0.116. The summed E-state index contributed by atoms with van der Waals surface area (Å²) in [6.45, 7) is 2.53. The first-order valence-corrected chi connectivity index (χ1v) is 6.55. The first-order valence-electron chi connectivity index (χ1n) is 6.55. The van der Waals surface area contributed by atoms with Crippen molar-refractivity contribution >= 4 is 11.7 Å². The summed E-state index contributed by atoms with van der Waals surface area (Å²) in [5.41, 5.74) is 5.41. The molecule has 0 aliphatic carbocycles. The zero-order valence-corrected chi connectivity index (χ0v) is 10.6. The molecule has 0 saturated carbocycles. The summed E-state index contributed by atoms with van der Waals surface area (Å²) in [7, 11) is 0. The minimum Gasteiger partial charge on any atom is -0.330 e. The van der Waals surface area contributed by atoms with Crippen molar-refractivity contribution in [3.05, 3.63) is 12.3 Å². The zero-order chi connectivity index (χ0) is 12.8. The second-order valence-electron chi connectivity index (χ2n) is 4.62. The van der Waals surface area contributed by atoms with Crippen LogP contribution >= 0.6 is 0 Å². The zero-order valence-electron chi connectivity index (χ0n) is 10.6. The molecule has 6 nitrogen and oxygen atoms in total. The van der Waals surface area contributed by atoms with E-state index >= 15 is 0 Å². The highest BCUT2D eigenvalue weighted by Gasteiger charge is 2.22. The summed E-state index contributed by atoms with van der Waals surface area (Å²) in [6, 6.07) is 2.21. The molecule has 2 rings (SSSR count). The van der Waals surface area contributed by atoms with Gasteiger partial charge < -0.3 is 16.4 Å². The topological polar surface area (TPSA) is 85.0 Å². The van der Waals surface area contributed by atoms with E-state index in [2.05, 4.69) is 15.7 Å². The van der Waals surface area contributed by atoms with Crippen LogP contribution in [-0.4, -0.2) is 35.3 Å². The van der Waals surface area contributed by atoms with E-state index in [1.807, 2.05) is 10.7 Å². The molecule has 18 heavy (non-hydrogen) atoms. The van der Waals surface area contributed by atoms with Gasteiger partial charge in [-0.05, 0) is 19.4 Å². The van der Waals surface area contributed by atoms with Gasteiger partial charge >= 0.3 is 0 Å². The van der Waals surface area contributed by atoms with Crippen LogP contribution in [0.1, 0.15) is 31.7 Å². The van der Waals surface area contributed by atoms with E-state index in [0.29, 0.717) is 19.0 Å². The summed E-state index contributed by atoms with van der Waals surface area (Å²) >= 11 is 0. The van der Waals surface area contributed by atoms with E-state index in [-0.39, 0.29) is 5.91 Å². The molecular weight excluding hydrogens is 230 g/mol. The van der Waals surface area contributed by atoms with Gasteiger partial charge in [0.1, 0.15) is 5.82 Å². The fraction of sp³-hybridized carbons (Fsp3) is 0.667. The molecule has 0 atom stereocenters. The third-order valence-electron chi connectivity index (χ3n) is 3.15. The van der Waals surface area contributed by atoms with Crippen LogP contribution in [0.3, 0.4) is 0 Å². The Morgan fingerprint density at radius 3 is 3.00 bits per heavy atom. The van der Waals surface area contributed by atoms with Crippen LogP contribution in [0.25, 0.3) is 0 Å². The van der Waals surface area contributed by atoms with E-state index in [1.165, 1.54) is 0 Å². The predicted octanol–water partition coefficient (Wildman–Crippen LogP) is 0.485. The number of nitrogens with one attached hydrogen (secondary N) is 2. The van der Waals surface area contributed by atoms with Gasteiger partial charge in [0.2, 0.25) is 5.91 Å². The molecule has 1 aromatic rings. The van der Waals surface area contributed by atoms with Gasteiger partial charge in [0.25, 0.3) is 0 Å². The van der Waals surface area contributed by atoms with Crippen LogP contribution in [0, 0.1) is 0 Å². The molecule has 1 aliphatic rings. The fourth-order valence-electron chi connectivity index (χ4n) is 1.96. The second kappa shape index (κ2) is 6.51. The number of aromatic nitrogens is 2. The van der Waals surface area contributed by atoms with E-state index in [0.717, 1.165) is 38.2 Å². The minimum absolute atomic E-state index is 0.0565. The standard InChI is InChI=1S/C12H21N5O/c13-6-3-1-2-4-12(18)16-11-5-7-15-17(11)10-8-14-9-10/h5,7,10,14H,1-4,6,8-9,13H2,(H,16,18). The van der Waals surface area contributed by atoms with Crippen LogP contribution in [-0.2, 0) is 4.79 Å². The lowest BCUT2D eigenvalue weighted by atomic mass is 10.2. The first kappa shape index (κ1) is 13.0. The average molecular weight is 251 g/mol. The van der Waals surface area contributed by atoms with Crippen molar-refractivity contribution in [2.45, 2.75) is 31.7 Å². The van der Waals surface area contributed by atoms with Crippen molar-refractivity contribution in [2.24, 2.45) is 5.73 Å². The molecule has 1 fully saturated rings. The molecule has 0 spiro atoms. The lowest BCUT2D eigenvalue weighted by Crippen LogP contribution is -2.44. The molecule has 0 aromatic carbocycles. The van der Waals surface area contributed by atoms with E-state index < -0.39 is 0 Å². The summed E-state index contributed by atoms with van der Waals surface area (Å²) in [6.07, 6.45) is 5.16. The summed E-state index contributed by atoms with van der Waals surface area (Å²) < 4.78 is 1.88. The third kappa shape index (κ3) is 3.30. The SMILES string of the molecule is NCCCCCC(=O)Nc1ccnn1C1CNC1. The van der Waals surface area contributed by atoms with Crippen LogP contribution in [0.5, 0.6) is 0 Å². The average Bonchev–Trinajstić information content (AvgIpc) is 2.71. The highest BCUT2D eigenvalue weighted by Crippen LogP contribution is 2.17. The van der Waals surface area contributed by atoms with Crippen LogP contribution in [0.2, 0.25) is 0 Å². The Morgan fingerprint density at radius 2 is 2.33 bits per heavy atom. The Balaban J connectivity index is 1.78. The Kier molecular flexibility index (Phi) is 4.72. The van der Waals surface area contributed by atoms with Crippen molar-refractivity contribution in [2.75, 3.05) is 25.0 Å². The molecule has 6 heteroatoms. The first-order chi connectivity index (χ1) is 8.81. The Bertz CT molecular complexity index is 386. The van der Waals surface area contributed by atoms with Gasteiger partial charge in [-0.3, -0.25) is 4.79 Å². The molecule has 4 N–H and O–H groups in total. The lowest BCUT2D eigenvalue weighted by Gasteiger charge is -2.28. The van der Waals surface area contributed by atoms with E-state index in [9.17, 15) is 4.79 Å². The minimum atomic E-state index is 0.0565. The second-order valence-corrected chi connectivity index (χ2v) is 4.62. The van der Waals surface area contributed by atoms with Gasteiger partial charge in [-0.1, -0.05) is 6.42 Å². The summed E-state index contributed by atoms with van der Waals surface area (Å²) in [5.74, 6) is 0.853. The molecule has 0 unspecified atom stereocenters. The van der Waals surface area contributed by atoms with Crippen LogP contribution in [0.15, 0.2) is 12.3 Å².